The second-order valence-electron chi connectivity index (χ2n) is 3.21. The molecule has 4 nitrogen and oxygen atoms in total. The number of ether oxygens (including phenoxy) is 1. The minimum atomic E-state index is -2.91. The molecule has 0 amide bonds. The van der Waals surface area contributed by atoms with Crippen LogP contribution >= 0.6 is 0 Å². The van der Waals surface area contributed by atoms with Crippen LogP contribution in [0.2, 0.25) is 0 Å². The number of nitrogens with two attached hydrogens (primary N) is 1. The molecule has 0 aliphatic rings. The summed E-state index contributed by atoms with van der Waals surface area (Å²) in [6.45, 7) is -0.233. The molecule has 2 N–H and O–H groups in total. The second-order valence-corrected chi connectivity index (χ2v) is 3.21. The van der Waals surface area contributed by atoms with Crippen LogP contribution in [0.5, 0.6) is 0 Å². The van der Waals surface area contributed by atoms with Crippen molar-refractivity contribution in [3.63, 3.8) is 0 Å². The van der Waals surface area contributed by atoms with Crippen molar-refractivity contribution in [1.82, 2.24) is 4.98 Å². The number of pyridine rings is 1. The summed E-state index contributed by atoms with van der Waals surface area (Å²) in [5, 5.41) is 0. The lowest BCUT2D eigenvalue weighted by molar-refractivity contribution is -0.139. The molecule has 1 aromatic rings. The van der Waals surface area contributed by atoms with Gasteiger partial charge >= 0.3 is 5.97 Å². The summed E-state index contributed by atoms with van der Waals surface area (Å²) < 4.78 is 42.8. The number of methoxy groups -OCH3 is 1. The highest BCUT2D eigenvalue weighted by Crippen LogP contribution is 2.24. The predicted molar refractivity (Wildman–Crippen MR) is 52.8 cm³/mol. The Labute approximate surface area is 95.6 Å². The van der Waals surface area contributed by atoms with E-state index in [-0.39, 0.29) is 17.9 Å². The van der Waals surface area contributed by atoms with Crippen LogP contribution < -0.4 is 5.73 Å². The van der Waals surface area contributed by atoms with Crippen molar-refractivity contribution in [2.45, 2.75) is 19.4 Å². The summed E-state index contributed by atoms with van der Waals surface area (Å²) >= 11 is 0. The molecule has 17 heavy (non-hydrogen) atoms. The Morgan fingerprint density at radius 3 is 2.65 bits per heavy atom. The molecule has 0 bridgehead atoms. The minimum absolute atomic E-state index is 0.159. The molecule has 94 valence electrons. The number of halogens is 3. The molecule has 0 atom stereocenters. The van der Waals surface area contributed by atoms with E-state index in [0.29, 0.717) is 6.07 Å². The van der Waals surface area contributed by atoms with E-state index in [9.17, 15) is 18.0 Å². The summed E-state index contributed by atoms with van der Waals surface area (Å²) in [5.74, 6) is -1.63. The number of carbonyl (C=O) groups excluding carboxylic acids is 1. The smallest absolute Gasteiger partial charge is 0.311 e. The van der Waals surface area contributed by atoms with Gasteiger partial charge in [0, 0.05) is 12.1 Å². The normalized spacial score (nSPS) is 10.7. The highest BCUT2D eigenvalue weighted by Gasteiger charge is 2.20. The van der Waals surface area contributed by atoms with E-state index in [2.05, 4.69) is 9.72 Å². The van der Waals surface area contributed by atoms with Gasteiger partial charge in [-0.1, -0.05) is 0 Å². The maximum absolute atomic E-state index is 13.2. The van der Waals surface area contributed by atoms with Crippen molar-refractivity contribution in [1.29, 1.82) is 0 Å². The van der Waals surface area contributed by atoms with Gasteiger partial charge in [-0.05, 0) is 6.07 Å². The summed E-state index contributed by atoms with van der Waals surface area (Å²) in [6, 6.07) is 0.651. The number of alkyl halides is 2. The topological polar surface area (TPSA) is 65.2 Å². The number of hydrogen-bond acceptors (Lipinski definition) is 4. The van der Waals surface area contributed by atoms with Crippen LogP contribution in [0, 0.1) is 5.82 Å². The fourth-order valence-electron chi connectivity index (χ4n) is 1.27. The average Bonchev–Trinajstić information content (AvgIpc) is 2.30. The molecule has 7 heteroatoms. The quantitative estimate of drug-likeness (QED) is 0.816. The van der Waals surface area contributed by atoms with Gasteiger partial charge < -0.3 is 10.5 Å². The minimum Gasteiger partial charge on any atom is -0.469 e. The molecule has 0 saturated heterocycles. The highest BCUT2D eigenvalue weighted by molar-refractivity contribution is 5.72. The van der Waals surface area contributed by atoms with Gasteiger partial charge in [0.15, 0.2) is 0 Å². The van der Waals surface area contributed by atoms with Crippen LogP contribution in [-0.4, -0.2) is 18.1 Å². The zero-order chi connectivity index (χ0) is 13.0. The van der Waals surface area contributed by atoms with Crippen LogP contribution in [0.15, 0.2) is 6.07 Å². The van der Waals surface area contributed by atoms with Crippen molar-refractivity contribution >= 4 is 5.97 Å². The number of nitrogens with zero attached hydrogens (tertiary/aromatic N) is 1. The van der Waals surface area contributed by atoms with Crippen molar-refractivity contribution in [3.05, 3.63) is 28.8 Å². The lowest BCUT2D eigenvalue weighted by atomic mass is 10.1. The number of rotatable bonds is 4. The number of esters is 1. The SMILES string of the molecule is COC(=O)Cc1nc(CN)c(F)cc1C(F)F. The summed E-state index contributed by atoms with van der Waals surface area (Å²) in [7, 11) is 1.12. The van der Waals surface area contributed by atoms with E-state index < -0.39 is 30.2 Å². The van der Waals surface area contributed by atoms with E-state index in [4.69, 9.17) is 5.73 Å². The standard InChI is InChI=1S/C10H11F3N2O2/c1-17-9(16)3-7-5(10(12)13)2-6(11)8(4-14)15-7/h2,10H,3-4,14H2,1H3. The van der Waals surface area contributed by atoms with Crippen molar-refractivity contribution in [2.24, 2.45) is 5.73 Å². The van der Waals surface area contributed by atoms with Crippen LogP contribution in [-0.2, 0) is 22.5 Å². The highest BCUT2D eigenvalue weighted by atomic mass is 19.3. The molecule has 0 aromatic carbocycles. The molecule has 1 aromatic heterocycles. The molecule has 0 aliphatic heterocycles. The molecular formula is C10H11F3N2O2. The monoisotopic (exact) mass is 248 g/mol. The third kappa shape index (κ3) is 3.16. The third-order valence-electron chi connectivity index (χ3n) is 2.13. The predicted octanol–water partition coefficient (Wildman–Crippen LogP) is 1.33. The first-order chi connectivity index (χ1) is 7.99. The molecule has 0 aliphatic carbocycles. The molecule has 0 fully saturated rings. The van der Waals surface area contributed by atoms with Gasteiger partial charge in [-0.15, -0.1) is 0 Å². The first kappa shape index (κ1) is 13.4. The zero-order valence-corrected chi connectivity index (χ0v) is 9.04. The van der Waals surface area contributed by atoms with Gasteiger partial charge in [0.25, 0.3) is 6.43 Å². The van der Waals surface area contributed by atoms with E-state index in [1.54, 1.807) is 0 Å². The molecule has 1 heterocycles. The second kappa shape index (κ2) is 5.62. The molecule has 0 radical (unpaired) electrons. The summed E-state index contributed by atoms with van der Waals surface area (Å²) in [4.78, 5) is 14.6. The Morgan fingerprint density at radius 2 is 2.18 bits per heavy atom. The van der Waals surface area contributed by atoms with Gasteiger partial charge in [0.05, 0.1) is 24.9 Å². The van der Waals surface area contributed by atoms with Crippen LogP contribution in [0.3, 0.4) is 0 Å². The van der Waals surface area contributed by atoms with Crippen LogP contribution in [0.1, 0.15) is 23.4 Å². The Morgan fingerprint density at radius 1 is 1.53 bits per heavy atom. The fourth-order valence-corrected chi connectivity index (χ4v) is 1.27. The van der Waals surface area contributed by atoms with Crippen LogP contribution in [0.25, 0.3) is 0 Å². The lowest BCUT2D eigenvalue weighted by Gasteiger charge is -2.09. The van der Waals surface area contributed by atoms with Gasteiger partial charge in [-0.25, -0.2) is 13.2 Å². The van der Waals surface area contributed by atoms with Gasteiger partial charge in [-0.2, -0.15) is 0 Å². The Kier molecular flexibility index (Phi) is 4.45. The fraction of sp³-hybridized carbons (Fsp3) is 0.400. The van der Waals surface area contributed by atoms with Crippen molar-refractivity contribution in [2.75, 3.05) is 7.11 Å². The zero-order valence-electron chi connectivity index (χ0n) is 9.04. The van der Waals surface area contributed by atoms with Crippen molar-refractivity contribution < 1.29 is 22.7 Å². The maximum Gasteiger partial charge on any atom is 0.311 e. The van der Waals surface area contributed by atoms with E-state index >= 15 is 0 Å². The Bertz CT molecular complexity index is 424. The summed E-state index contributed by atoms with van der Waals surface area (Å²) in [6.07, 6.45) is -3.35. The third-order valence-corrected chi connectivity index (χ3v) is 2.13. The van der Waals surface area contributed by atoms with E-state index in [1.807, 2.05) is 0 Å². The number of carbonyl (C=O) groups is 1. The first-order valence-electron chi connectivity index (χ1n) is 4.72. The largest absolute Gasteiger partial charge is 0.469 e. The van der Waals surface area contributed by atoms with Gasteiger partial charge in [0.2, 0.25) is 0 Å². The summed E-state index contributed by atoms with van der Waals surface area (Å²) in [5.41, 5.74) is 4.21. The van der Waals surface area contributed by atoms with Gasteiger partial charge in [-0.3, -0.25) is 9.78 Å². The van der Waals surface area contributed by atoms with E-state index in [0.717, 1.165) is 7.11 Å². The molecule has 0 saturated carbocycles. The maximum atomic E-state index is 13.2. The molecular weight excluding hydrogens is 237 g/mol. The Balaban J connectivity index is 3.19. The molecule has 0 spiro atoms. The number of aromatic nitrogens is 1. The van der Waals surface area contributed by atoms with Crippen molar-refractivity contribution in [3.8, 4) is 0 Å². The first-order valence-corrected chi connectivity index (χ1v) is 4.72. The van der Waals surface area contributed by atoms with Gasteiger partial charge in [0.1, 0.15) is 5.82 Å². The molecule has 0 unspecified atom stereocenters. The average molecular weight is 248 g/mol. The number of hydrogen-bond donors (Lipinski definition) is 1. The Hall–Kier alpha value is -1.63. The molecule has 1 rings (SSSR count). The van der Waals surface area contributed by atoms with E-state index in [1.165, 1.54) is 0 Å². The van der Waals surface area contributed by atoms with Crippen LogP contribution in [0.4, 0.5) is 13.2 Å². The lowest BCUT2D eigenvalue weighted by Crippen LogP contribution is -2.13.